The van der Waals surface area contributed by atoms with Gasteiger partial charge in [-0.3, -0.25) is 9.59 Å². The molecular formula is C27H28FN7O3. The zero-order valence-electron chi connectivity index (χ0n) is 21.2. The molecule has 2 fully saturated rings. The maximum absolute atomic E-state index is 15.1. The van der Waals surface area contributed by atoms with Gasteiger partial charge in [-0.15, -0.1) is 0 Å². The zero-order chi connectivity index (χ0) is 27.0. The van der Waals surface area contributed by atoms with Gasteiger partial charge in [-0.1, -0.05) is 12.5 Å². The van der Waals surface area contributed by atoms with E-state index in [0.717, 1.165) is 23.8 Å². The van der Waals surface area contributed by atoms with Gasteiger partial charge in [0.1, 0.15) is 17.2 Å². The number of amides is 2. The molecule has 196 valence electrons. The van der Waals surface area contributed by atoms with Crippen molar-refractivity contribution < 1.29 is 18.7 Å². The van der Waals surface area contributed by atoms with Crippen LogP contribution in [0.3, 0.4) is 0 Å². The van der Waals surface area contributed by atoms with Crippen LogP contribution in [0.5, 0.6) is 0 Å². The highest BCUT2D eigenvalue weighted by Gasteiger charge is 2.38. The van der Waals surface area contributed by atoms with Crippen LogP contribution in [0.15, 0.2) is 31.0 Å². The number of benzene rings is 1. The maximum atomic E-state index is 15.1. The number of halogens is 1. The minimum Gasteiger partial charge on any atom is -0.383 e. The number of likely N-dealkylation sites (tertiary alicyclic amines) is 1. The summed E-state index contributed by atoms with van der Waals surface area (Å²) in [6.45, 7) is 4.26. The van der Waals surface area contributed by atoms with Crippen molar-refractivity contribution in [3.05, 3.63) is 59.2 Å². The van der Waals surface area contributed by atoms with Gasteiger partial charge in [0, 0.05) is 26.1 Å². The van der Waals surface area contributed by atoms with Crippen LogP contribution >= 0.6 is 0 Å². The lowest BCUT2D eigenvalue weighted by atomic mass is 10.0. The minimum atomic E-state index is -0.728. The summed E-state index contributed by atoms with van der Waals surface area (Å²) in [6.07, 6.45) is 5.61. The number of rotatable bonds is 7. The van der Waals surface area contributed by atoms with Gasteiger partial charge in [-0.25, -0.2) is 9.07 Å². The van der Waals surface area contributed by atoms with Crippen molar-refractivity contribution in [2.75, 3.05) is 32.6 Å². The fourth-order valence-electron chi connectivity index (χ4n) is 5.11. The summed E-state index contributed by atoms with van der Waals surface area (Å²) in [5.74, 6) is 4.95. The van der Waals surface area contributed by atoms with E-state index in [-0.39, 0.29) is 34.8 Å². The molecule has 11 heteroatoms. The number of nitrogens with one attached hydrogen (secondary N) is 1. The number of hydrogen-bond acceptors (Lipinski definition) is 7. The van der Waals surface area contributed by atoms with Crippen LogP contribution in [0.1, 0.15) is 58.4 Å². The third kappa shape index (κ3) is 4.59. The molecule has 2 aromatic heterocycles. The Labute approximate surface area is 219 Å². The summed E-state index contributed by atoms with van der Waals surface area (Å²) in [5.41, 5.74) is 7.57. The lowest BCUT2D eigenvalue weighted by Crippen LogP contribution is -2.37. The van der Waals surface area contributed by atoms with Crippen LogP contribution in [0, 0.1) is 17.7 Å². The predicted octanol–water partition coefficient (Wildman–Crippen LogP) is 2.36. The standard InChI is InChI=1S/C27H28FN7O3/c1-4-24(36)34-13-17(10-18(34)14-38-3)35-27(30-2)25(26(29)37)22(33-35)8-7-16-9-23-19(11-21(16)28)20(12-31-32-23)15-5-6-15/h4,9,11-12,15,17-18,30H,1,5-6,10,13-14H2,2-3H3,(H2,29,37)/t17-,18+/m0/s1. The monoisotopic (exact) mass is 517 g/mol. The second kappa shape index (κ2) is 10.2. The lowest BCUT2D eigenvalue weighted by Gasteiger charge is -2.22. The molecule has 2 amide bonds. The van der Waals surface area contributed by atoms with E-state index >= 15 is 4.39 Å². The highest BCUT2D eigenvalue weighted by atomic mass is 19.1. The summed E-state index contributed by atoms with van der Waals surface area (Å²) < 4.78 is 22.0. The molecule has 1 saturated heterocycles. The molecule has 38 heavy (non-hydrogen) atoms. The van der Waals surface area contributed by atoms with E-state index in [1.54, 1.807) is 36.0 Å². The Balaban J connectivity index is 1.53. The Hall–Kier alpha value is -4.30. The van der Waals surface area contributed by atoms with E-state index in [4.69, 9.17) is 10.5 Å². The summed E-state index contributed by atoms with van der Waals surface area (Å²) >= 11 is 0. The third-order valence-electron chi connectivity index (χ3n) is 7.04. The molecule has 5 rings (SSSR count). The van der Waals surface area contributed by atoms with Crippen LogP contribution in [-0.2, 0) is 9.53 Å². The topological polar surface area (TPSA) is 128 Å². The number of carbonyl (C=O) groups excluding carboxylic acids is 2. The molecule has 3 N–H and O–H groups in total. The van der Waals surface area contributed by atoms with Crippen molar-refractivity contribution in [3.8, 4) is 11.8 Å². The Morgan fingerprint density at radius 3 is 2.79 bits per heavy atom. The van der Waals surface area contributed by atoms with Crippen LogP contribution < -0.4 is 11.1 Å². The fourth-order valence-corrected chi connectivity index (χ4v) is 5.11. The fraction of sp³-hybridized carbons (Fsp3) is 0.370. The summed E-state index contributed by atoms with van der Waals surface area (Å²) in [6, 6.07) is 2.53. The van der Waals surface area contributed by atoms with Crippen molar-refractivity contribution in [1.82, 2.24) is 24.9 Å². The molecule has 2 aliphatic rings. The molecule has 1 aliphatic carbocycles. The first-order valence-electron chi connectivity index (χ1n) is 12.3. The van der Waals surface area contributed by atoms with Crippen LogP contribution in [0.4, 0.5) is 10.2 Å². The first-order valence-corrected chi connectivity index (χ1v) is 12.3. The Bertz CT molecular complexity index is 1500. The van der Waals surface area contributed by atoms with Gasteiger partial charge in [0.25, 0.3) is 5.91 Å². The number of anilines is 1. The smallest absolute Gasteiger partial charge is 0.255 e. The number of nitrogens with two attached hydrogens (primary N) is 1. The first-order chi connectivity index (χ1) is 18.4. The summed E-state index contributed by atoms with van der Waals surface area (Å²) in [5, 5.41) is 16.5. The number of carbonyl (C=O) groups is 2. The lowest BCUT2D eigenvalue weighted by molar-refractivity contribution is -0.127. The minimum absolute atomic E-state index is 0.0915. The molecular weight excluding hydrogens is 489 g/mol. The van der Waals surface area contributed by atoms with E-state index < -0.39 is 11.7 Å². The van der Waals surface area contributed by atoms with E-state index in [9.17, 15) is 9.59 Å². The molecule has 1 aromatic carbocycles. The normalized spacial score (nSPS) is 18.8. The number of primary amides is 1. The number of hydrogen-bond donors (Lipinski definition) is 2. The van der Waals surface area contributed by atoms with Crippen molar-refractivity contribution in [2.45, 2.75) is 37.3 Å². The van der Waals surface area contributed by atoms with E-state index in [1.165, 1.54) is 12.1 Å². The van der Waals surface area contributed by atoms with Gasteiger partial charge < -0.3 is 20.7 Å². The van der Waals surface area contributed by atoms with Gasteiger partial charge in [-0.2, -0.15) is 15.3 Å². The molecule has 3 aromatic rings. The molecule has 0 radical (unpaired) electrons. The van der Waals surface area contributed by atoms with E-state index in [2.05, 4.69) is 39.0 Å². The number of ether oxygens (including phenoxy) is 1. The SMILES string of the molecule is C=CC(=O)N1C[C@@H](n2nc(C#Cc3cc4nncc(C5CC5)c4cc3F)c(C(N)=O)c2NC)C[C@@H]1COC. The number of nitrogens with zero attached hydrogens (tertiary/aromatic N) is 5. The van der Waals surface area contributed by atoms with Gasteiger partial charge in [0.2, 0.25) is 5.91 Å². The maximum Gasteiger partial charge on any atom is 0.255 e. The largest absolute Gasteiger partial charge is 0.383 e. The van der Waals surface area contributed by atoms with Gasteiger partial charge in [0.05, 0.1) is 36.0 Å². The first kappa shape index (κ1) is 25.4. The number of fused-ring (bicyclic) bond motifs is 1. The van der Waals surface area contributed by atoms with Crippen LogP contribution in [-0.4, -0.2) is 70.0 Å². The van der Waals surface area contributed by atoms with Gasteiger partial charge >= 0.3 is 0 Å². The Morgan fingerprint density at radius 1 is 1.34 bits per heavy atom. The highest BCUT2D eigenvalue weighted by Crippen LogP contribution is 2.42. The third-order valence-corrected chi connectivity index (χ3v) is 7.04. The Morgan fingerprint density at radius 2 is 2.13 bits per heavy atom. The molecule has 0 unspecified atom stereocenters. The highest BCUT2D eigenvalue weighted by molar-refractivity contribution is 6.00. The quantitative estimate of drug-likeness (QED) is 0.364. The van der Waals surface area contributed by atoms with Crippen LogP contribution in [0.25, 0.3) is 10.9 Å². The second-order valence-corrected chi connectivity index (χ2v) is 9.50. The summed E-state index contributed by atoms with van der Waals surface area (Å²) in [7, 11) is 3.21. The van der Waals surface area contributed by atoms with Crippen molar-refractivity contribution in [3.63, 3.8) is 0 Å². The molecule has 10 nitrogen and oxygen atoms in total. The van der Waals surface area contributed by atoms with Crippen LogP contribution in [0.2, 0.25) is 0 Å². The molecule has 3 heterocycles. The molecule has 0 bridgehead atoms. The van der Waals surface area contributed by atoms with Crippen molar-refractivity contribution in [1.29, 1.82) is 0 Å². The molecule has 2 atom stereocenters. The second-order valence-electron chi connectivity index (χ2n) is 9.50. The van der Waals surface area contributed by atoms with Gasteiger partial charge in [0.15, 0.2) is 5.69 Å². The van der Waals surface area contributed by atoms with E-state index in [0.29, 0.717) is 36.8 Å². The molecule has 1 saturated carbocycles. The number of aromatic nitrogens is 4. The number of methoxy groups -OCH3 is 1. The zero-order valence-corrected chi connectivity index (χ0v) is 21.2. The average molecular weight is 518 g/mol. The van der Waals surface area contributed by atoms with Crippen molar-refractivity contribution >= 4 is 28.5 Å². The van der Waals surface area contributed by atoms with Crippen molar-refractivity contribution in [2.24, 2.45) is 5.73 Å². The Kier molecular flexibility index (Phi) is 6.82. The van der Waals surface area contributed by atoms with Gasteiger partial charge in [-0.05, 0) is 54.9 Å². The molecule has 0 spiro atoms. The van der Waals surface area contributed by atoms with E-state index in [1.807, 2.05) is 0 Å². The molecule has 1 aliphatic heterocycles. The average Bonchev–Trinajstić information content (AvgIpc) is 3.56. The predicted molar refractivity (Wildman–Crippen MR) is 139 cm³/mol. The summed E-state index contributed by atoms with van der Waals surface area (Å²) in [4.78, 5) is 26.5.